The normalized spacial score (nSPS) is 11.9. The van der Waals surface area contributed by atoms with Crippen LogP contribution in [0.1, 0.15) is 46.7 Å². The van der Waals surface area contributed by atoms with Crippen LogP contribution < -0.4 is 14.8 Å². The smallest absolute Gasteiger partial charge is 0.251 e. The van der Waals surface area contributed by atoms with Crippen LogP contribution in [0.25, 0.3) is 11.0 Å². The van der Waals surface area contributed by atoms with E-state index in [1.165, 1.54) is 11.1 Å². The highest BCUT2D eigenvalue weighted by atomic mass is 16.5. The summed E-state index contributed by atoms with van der Waals surface area (Å²) in [5.41, 5.74) is 4.90. The summed E-state index contributed by atoms with van der Waals surface area (Å²) in [7, 11) is 1.59. The zero-order chi connectivity index (χ0) is 24.1. The van der Waals surface area contributed by atoms with Crippen molar-refractivity contribution in [3.05, 3.63) is 89.2 Å². The van der Waals surface area contributed by atoms with Gasteiger partial charge < -0.3 is 19.4 Å². The standard InChI is InChI=1S/C28H31N3O3/c1-19-15-20(2)17-24(16-19)34-14-8-13-31-26-12-6-5-11-25(26)30-27(31)21(3)29-28(32)22-9-7-10-23(18-22)33-4/h5-7,9-12,15-18,21H,8,13-14H2,1-4H3,(H,29,32). The molecule has 0 radical (unpaired) electrons. The summed E-state index contributed by atoms with van der Waals surface area (Å²) in [6, 6.07) is 21.2. The van der Waals surface area contributed by atoms with Crippen LogP contribution >= 0.6 is 0 Å². The molecule has 1 amide bonds. The number of fused-ring (bicyclic) bond motifs is 1. The Morgan fingerprint density at radius 2 is 1.76 bits per heavy atom. The highest BCUT2D eigenvalue weighted by Gasteiger charge is 2.19. The van der Waals surface area contributed by atoms with Gasteiger partial charge in [-0.05, 0) is 80.8 Å². The van der Waals surface area contributed by atoms with Gasteiger partial charge in [0, 0.05) is 12.1 Å². The number of carbonyl (C=O) groups excluding carboxylic acids is 1. The monoisotopic (exact) mass is 457 g/mol. The molecular formula is C28H31N3O3. The van der Waals surface area contributed by atoms with Gasteiger partial charge in [-0.25, -0.2) is 4.98 Å². The van der Waals surface area contributed by atoms with Crippen molar-refractivity contribution >= 4 is 16.9 Å². The van der Waals surface area contributed by atoms with E-state index in [1.54, 1.807) is 19.2 Å². The molecule has 1 atom stereocenters. The van der Waals surface area contributed by atoms with E-state index < -0.39 is 0 Å². The van der Waals surface area contributed by atoms with Crippen molar-refractivity contribution in [2.75, 3.05) is 13.7 Å². The van der Waals surface area contributed by atoms with Crippen LogP contribution in [0.2, 0.25) is 0 Å². The lowest BCUT2D eigenvalue weighted by Crippen LogP contribution is -2.29. The predicted octanol–water partition coefficient (Wildman–Crippen LogP) is 5.62. The number of methoxy groups -OCH3 is 1. The minimum absolute atomic E-state index is 0.164. The number of para-hydroxylation sites is 2. The minimum Gasteiger partial charge on any atom is -0.497 e. The number of ether oxygens (including phenoxy) is 2. The number of aromatic nitrogens is 2. The van der Waals surface area contributed by atoms with Gasteiger partial charge >= 0.3 is 0 Å². The molecule has 0 spiro atoms. The third-order valence-electron chi connectivity index (χ3n) is 5.74. The van der Waals surface area contributed by atoms with Gasteiger partial charge in [0.15, 0.2) is 0 Å². The van der Waals surface area contributed by atoms with E-state index in [4.69, 9.17) is 14.5 Å². The third-order valence-corrected chi connectivity index (χ3v) is 5.74. The van der Waals surface area contributed by atoms with Gasteiger partial charge in [0.25, 0.3) is 5.91 Å². The van der Waals surface area contributed by atoms with E-state index in [1.807, 2.05) is 37.3 Å². The summed E-state index contributed by atoms with van der Waals surface area (Å²) in [5.74, 6) is 2.20. The molecule has 6 nitrogen and oxygen atoms in total. The van der Waals surface area contributed by atoms with E-state index in [2.05, 4.69) is 48.0 Å². The Hall–Kier alpha value is -3.80. The highest BCUT2D eigenvalue weighted by Crippen LogP contribution is 2.23. The van der Waals surface area contributed by atoms with Crippen LogP contribution in [0.5, 0.6) is 11.5 Å². The molecule has 0 fully saturated rings. The van der Waals surface area contributed by atoms with Crippen molar-refractivity contribution in [3.8, 4) is 11.5 Å². The van der Waals surface area contributed by atoms with Gasteiger partial charge in [-0.15, -0.1) is 0 Å². The Morgan fingerprint density at radius 1 is 1.00 bits per heavy atom. The lowest BCUT2D eigenvalue weighted by Gasteiger charge is -2.17. The van der Waals surface area contributed by atoms with E-state index in [9.17, 15) is 4.79 Å². The fourth-order valence-electron chi connectivity index (χ4n) is 4.20. The zero-order valence-electron chi connectivity index (χ0n) is 20.2. The highest BCUT2D eigenvalue weighted by molar-refractivity contribution is 5.94. The molecule has 0 aliphatic heterocycles. The van der Waals surface area contributed by atoms with Crippen molar-refractivity contribution < 1.29 is 14.3 Å². The van der Waals surface area contributed by atoms with Crippen LogP contribution in [-0.4, -0.2) is 29.2 Å². The number of aryl methyl sites for hydroxylation is 3. The number of hydrogen-bond acceptors (Lipinski definition) is 4. The van der Waals surface area contributed by atoms with E-state index >= 15 is 0 Å². The van der Waals surface area contributed by atoms with Crippen molar-refractivity contribution in [1.82, 2.24) is 14.9 Å². The van der Waals surface area contributed by atoms with Gasteiger partial charge in [-0.1, -0.05) is 24.3 Å². The van der Waals surface area contributed by atoms with Crippen LogP contribution in [0.3, 0.4) is 0 Å². The lowest BCUT2D eigenvalue weighted by molar-refractivity contribution is 0.0937. The minimum atomic E-state index is -0.272. The molecule has 0 saturated heterocycles. The average Bonchev–Trinajstić information content (AvgIpc) is 3.20. The summed E-state index contributed by atoms with van der Waals surface area (Å²) in [6.45, 7) is 7.44. The summed E-state index contributed by atoms with van der Waals surface area (Å²) >= 11 is 0. The molecule has 0 aliphatic rings. The molecule has 0 bridgehead atoms. The maximum Gasteiger partial charge on any atom is 0.251 e. The number of amides is 1. The molecule has 1 N–H and O–H groups in total. The number of nitrogens with zero attached hydrogens (tertiary/aromatic N) is 2. The van der Waals surface area contributed by atoms with Gasteiger partial charge in [-0.2, -0.15) is 0 Å². The number of hydrogen-bond donors (Lipinski definition) is 1. The maximum atomic E-state index is 12.9. The summed E-state index contributed by atoms with van der Waals surface area (Å²) in [4.78, 5) is 17.7. The van der Waals surface area contributed by atoms with E-state index in [-0.39, 0.29) is 11.9 Å². The Labute approximate surface area is 200 Å². The maximum absolute atomic E-state index is 12.9. The molecule has 3 aromatic carbocycles. The first-order valence-corrected chi connectivity index (χ1v) is 11.6. The van der Waals surface area contributed by atoms with Crippen LogP contribution in [0.4, 0.5) is 0 Å². The van der Waals surface area contributed by atoms with Crippen molar-refractivity contribution in [3.63, 3.8) is 0 Å². The molecule has 4 aromatic rings. The van der Waals surface area contributed by atoms with Crippen molar-refractivity contribution in [2.24, 2.45) is 0 Å². The first-order chi connectivity index (χ1) is 16.4. The predicted molar refractivity (Wildman–Crippen MR) is 135 cm³/mol. The Balaban J connectivity index is 1.48. The van der Waals surface area contributed by atoms with Crippen molar-refractivity contribution in [1.29, 1.82) is 0 Å². The molecule has 1 aromatic heterocycles. The number of carbonyl (C=O) groups is 1. The third kappa shape index (κ3) is 5.39. The molecule has 1 unspecified atom stereocenters. The summed E-state index contributed by atoms with van der Waals surface area (Å²) < 4.78 is 13.4. The second-order valence-electron chi connectivity index (χ2n) is 8.56. The largest absolute Gasteiger partial charge is 0.497 e. The zero-order valence-corrected chi connectivity index (χ0v) is 20.2. The Kier molecular flexibility index (Phi) is 7.16. The second kappa shape index (κ2) is 10.4. The fraction of sp³-hybridized carbons (Fsp3) is 0.286. The molecule has 4 rings (SSSR count). The van der Waals surface area contributed by atoms with E-state index in [0.29, 0.717) is 17.9 Å². The number of imidazole rings is 1. The second-order valence-corrected chi connectivity index (χ2v) is 8.56. The molecule has 34 heavy (non-hydrogen) atoms. The molecule has 1 heterocycles. The first-order valence-electron chi connectivity index (χ1n) is 11.6. The van der Waals surface area contributed by atoms with Crippen LogP contribution in [-0.2, 0) is 6.54 Å². The molecule has 0 aliphatic carbocycles. The lowest BCUT2D eigenvalue weighted by atomic mass is 10.1. The number of benzene rings is 3. The fourth-order valence-corrected chi connectivity index (χ4v) is 4.20. The van der Waals surface area contributed by atoms with Crippen LogP contribution in [0, 0.1) is 13.8 Å². The molecule has 176 valence electrons. The van der Waals surface area contributed by atoms with Gasteiger partial charge in [0.2, 0.25) is 0 Å². The quantitative estimate of drug-likeness (QED) is 0.331. The average molecular weight is 458 g/mol. The van der Waals surface area contributed by atoms with Gasteiger partial charge in [0.05, 0.1) is 30.8 Å². The first kappa shape index (κ1) is 23.4. The molecule has 0 saturated carbocycles. The SMILES string of the molecule is COc1cccc(C(=O)NC(C)c2nc3ccccc3n2CCCOc2cc(C)cc(C)c2)c1. The Bertz CT molecular complexity index is 1280. The van der Waals surface area contributed by atoms with Crippen LogP contribution in [0.15, 0.2) is 66.7 Å². The van der Waals surface area contributed by atoms with Gasteiger partial charge in [-0.3, -0.25) is 4.79 Å². The summed E-state index contributed by atoms with van der Waals surface area (Å²) in [5, 5.41) is 3.08. The Morgan fingerprint density at radius 3 is 2.53 bits per heavy atom. The topological polar surface area (TPSA) is 65.4 Å². The molecule has 6 heteroatoms. The molecular weight excluding hydrogens is 426 g/mol. The van der Waals surface area contributed by atoms with Crippen molar-refractivity contribution in [2.45, 2.75) is 39.8 Å². The van der Waals surface area contributed by atoms with Gasteiger partial charge in [0.1, 0.15) is 17.3 Å². The van der Waals surface area contributed by atoms with E-state index in [0.717, 1.165) is 35.6 Å². The number of rotatable bonds is 9. The number of nitrogens with one attached hydrogen (secondary N) is 1. The summed E-state index contributed by atoms with van der Waals surface area (Å²) in [6.07, 6.45) is 0.816.